The fourth-order valence-corrected chi connectivity index (χ4v) is 2.99. The monoisotopic (exact) mass is 303 g/mol. The van der Waals surface area contributed by atoms with Gasteiger partial charge in [-0.3, -0.25) is 9.59 Å². The van der Waals surface area contributed by atoms with Crippen LogP contribution in [-0.4, -0.2) is 35.3 Å². The Morgan fingerprint density at radius 2 is 1.95 bits per heavy atom. The second kappa shape index (κ2) is 7.05. The van der Waals surface area contributed by atoms with Gasteiger partial charge in [-0.05, 0) is 39.2 Å². The van der Waals surface area contributed by atoms with Crippen LogP contribution in [0.25, 0.3) is 0 Å². The second-order valence-corrected chi connectivity index (χ2v) is 6.68. The van der Waals surface area contributed by atoms with Crippen LogP contribution in [0.1, 0.15) is 39.2 Å². The largest absolute Gasteiger partial charge is 0.376 e. The van der Waals surface area contributed by atoms with Crippen LogP contribution < -0.4 is 0 Å². The third-order valence-corrected chi connectivity index (χ3v) is 3.99. The maximum Gasteiger partial charge on any atom is 0.226 e. The Hall–Kier alpha value is -1.68. The zero-order chi connectivity index (χ0) is 16.2. The van der Waals surface area contributed by atoms with Crippen molar-refractivity contribution in [1.29, 1.82) is 0 Å². The van der Waals surface area contributed by atoms with Crippen molar-refractivity contribution in [2.24, 2.45) is 5.92 Å². The lowest BCUT2D eigenvalue weighted by molar-refractivity contribution is -0.147. The summed E-state index contributed by atoms with van der Waals surface area (Å²) in [4.78, 5) is 26.1. The first-order valence-corrected chi connectivity index (χ1v) is 7.83. The van der Waals surface area contributed by atoms with Crippen LogP contribution in [0.2, 0.25) is 0 Å². The lowest BCUT2D eigenvalue weighted by Crippen LogP contribution is -2.44. The summed E-state index contributed by atoms with van der Waals surface area (Å²) in [6.45, 7) is 6.81. The van der Waals surface area contributed by atoms with Gasteiger partial charge in [0, 0.05) is 19.1 Å². The van der Waals surface area contributed by atoms with Gasteiger partial charge in [-0.15, -0.1) is 0 Å². The van der Waals surface area contributed by atoms with Gasteiger partial charge in [-0.1, -0.05) is 30.3 Å². The van der Waals surface area contributed by atoms with Crippen LogP contribution >= 0.6 is 0 Å². The van der Waals surface area contributed by atoms with Crippen molar-refractivity contribution in [2.75, 3.05) is 13.2 Å². The van der Waals surface area contributed by atoms with Crippen LogP contribution in [0.5, 0.6) is 0 Å². The number of ketones is 1. The third kappa shape index (κ3) is 4.67. The molecule has 4 heteroatoms. The van der Waals surface area contributed by atoms with E-state index in [0.717, 1.165) is 12.0 Å². The van der Waals surface area contributed by atoms with Crippen molar-refractivity contribution >= 4 is 11.7 Å². The molecule has 1 aliphatic heterocycles. The highest BCUT2D eigenvalue weighted by molar-refractivity contribution is 5.85. The van der Waals surface area contributed by atoms with Gasteiger partial charge in [-0.2, -0.15) is 0 Å². The normalized spacial score (nSPS) is 20.4. The fourth-order valence-electron chi connectivity index (χ4n) is 2.99. The van der Waals surface area contributed by atoms with Gasteiger partial charge >= 0.3 is 0 Å². The van der Waals surface area contributed by atoms with Crippen molar-refractivity contribution in [3.05, 3.63) is 35.9 Å². The lowest BCUT2D eigenvalue weighted by Gasteiger charge is -2.37. The molecule has 0 aliphatic carbocycles. The van der Waals surface area contributed by atoms with Crippen LogP contribution in [0.15, 0.2) is 30.3 Å². The minimum atomic E-state index is -0.271. The van der Waals surface area contributed by atoms with Crippen molar-refractivity contribution in [3.63, 3.8) is 0 Å². The summed E-state index contributed by atoms with van der Waals surface area (Å²) in [6.07, 6.45) is 1.43. The molecule has 0 aromatic heterocycles. The SMILES string of the molecule is CC(=O)CN(Cc1ccccc1)C(=O)C1CCOC(C)(C)C1. The zero-order valence-electron chi connectivity index (χ0n) is 13.7. The van der Waals surface area contributed by atoms with E-state index in [1.54, 1.807) is 4.90 Å². The number of rotatable bonds is 5. The smallest absolute Gasteiger partial charge is 0.226 e. The van der Waals surface area contributed by atoms with E-state index < -0.39 is 0 Å². The molecule has 0 radical (unpaired) electrons. The van der Waals surface area contributed by atoms with Crippen molar-refractivity contribution in [1.82, 2.24) is 4.90 Å². The van der Waals surface area contributed by atoms with E-state index in [4.69, 9.17) is 4.74 Å². The lowest BCUT2D eigenvalue weighted by atomic mass is 9.87. The second-order valence-electron chi connectivity index (χ2n) is 6.68. The zero-order valence-corrected chi connectivity index (χ0v) is 13.7. The van der Waals surface area contributed by atoms with E-state index >= 15 is 0 Å². The van der Waals surface area contributed by atoms with Crippen LogP contribution in [0.3, 0.4) is 0 Å². The molecule has 1 heterocycles. The molecule has 1 aliphatic rings. The van der Waals surface area contributed by atoms with E-state index in [1.807, 2.05) is 44.2 Å². The Morgan fingerprint density at radius 3 is 2.55 bits per heavy atom. The van der Waals surface area contributed by atoms with Crippen LogP contribution in [0, 0.1) is 5.92 Å². The molecule has 1 aromatic carbocycles. The van der Waals surface area contributed by atoms with E-state index in [1.165, 1.54) is 6.92 Å². The number of carbonyl (C=O) groups excluding carboxylic acids is 2. The third-order valence-electron chi connectivity index (χ3n) is 3.99. The highest BCUT2D eigenvalue weighted by atomic mass is 16.5. The molecule has 1 fully saturated rings. The predicted molar refractivity (Wildman–Crippen MR) is 85.3 cm³/mol. The summed E-state index contributed by atoms with van der Waals surface area (Å²) in [5.41, 5.74) is 0.774. The minimum Gasteiger partial charge on any atom is -0.376 e. The molecule has 0 saturated carbocycles. The number of ether oxygens (including phenoxy) is 1. The molecule has 120 valence electrons. The summed E-state index contributed by atoms with van der Waals surface area (Å²) in [7, 11) is 0. The van der Waals surface area contributed by atoms with Gasteiger partial charge in [0.15, 0.2) is 0 Å². The summed E-state index contributed by atoms with van der Waals surface area (Å²) in [5.74, 6) is 0.0119. The molecule has 0 bridgehead atoms. The maximum atomic E-state index is 12.8. The first kappa shape index (κ1) is 16.7. The molecule has 1 amide bonds. The number of amides is 1. The quantitative estimate of drug-likeness (QED) is 0.840. The molecule has 2 rings (SSSR count). The predicted octanol–water partition coefficient (Wildman–Crippen LogP) is 2.81. The highest BCUT2D eigenvalue weighted by Crippen LogP contribution is 2.30. The number of nitrogens with zero attached hydrogens (tertiary/aromatic N) is 1. The number of benzene rings is 1. The topological polar surface area (TPSA) is 46.6 Å². The number of hydrogen-bond acceptors (Lipinski definition) is 3. The molecule has 1 unspecified atom stereocenters. The Labute approximate surface area is 132 Å². The Balaban J connectivity index is 2.10. The van der Waals surface area contributed by atoms with Gasteiger partial charge in [0.2, 0.25) is 5.91 Å². The van der Waals surface area contributed by atoms with Gasteiger partial charge in [0.05, 0.1) is 12.1 Å². The van der Waals surface area contributed by atoms with E-state index in [-0.39, 0.29) is 29.8 Å². The molecule has 0 N–H and O–H groups in total. The van der Waals surface area contributed by atoms with Crippen LogP contribution in [-0.2, 0) is 20.9 Å². The molecule has 4 nitrogen and oxygen atoms in total. The molecule has 1 saturated heterocycles. The molecular formula is C18H25NO3. The number of carbonyl (C=O) groups is 2. The van der Waals surface area contributed by atoms with Gasteiger partial charge in [-0.25, -0.2) is 0 Å². The summed E-state index contributed by atoms with van der Waals surface area (Å²) in [6, 6.07) is 9.80. The summed E-state index contributed by atoms with van der Waals surface area (Å²) >= 11 is 0. The minimum absolute atomic E-state index is 0.00982. The molecular weight excluding hydrogens is 278 g/mol. The van der Waals surface area contributed by atoms with Crippen LogP contribution in [0.4, 0.5) is 0 Å². The summed E-state index contributed by atoms with van der Waals surface area (Å²) < 4.78 is 5.69. The highest BCUT2D eigenvalue weighted by Gasteiger charge is 2.35. The van der Waals surface area contributed by atoms with Crippen molar-refractivity contribution < 1.29 is 14.3 Å². The van der Waals surface area contributed by atoms with Gasteiger partial charge < -0.3 is 9.64 Å². The first-order chi connectivity index (χ1) is 10.4. The van der Waals surface area contributed by atoms with E-state index in [2.05, 4.69) is 0 Å². The molecule has 22 heavy (non-hydrogen) atoms. The number of hydrogen-bond donors (Lipinski definition) is 0. The van der Waals surface area contributed by atoms with Gasteiger partial charge in [0.25, 0.3) is 0 Å². The van der Waals surface area contributed by atoms with Crippen molar-refractivity contribution in [2.45, 2.75) is 45.8 Å². The van der Waals surface area contributed by atoms with Gasteiger partial charge in [0.1, 0.15) is 5.78 Å². The average molecular weight is 303 g/mol. The van der Waals surface area contributed by atoms with E-state index in [0.29, 0.717) is 19.6 Å². The Bertz CT molecular complexity index is 524. The molecule has 1 aromatic rings. The fraction of sp³-hybridized carbons (Fsp3) is 0.556. The van der Waals surface area contributed by atoms with E-state index in [9.17, 15) is 9.59 Å². The maximum absolute atomic E-state index is 12.8. The number of Topliss-reactive ketones (excluding diaryl/α,β-unsaturated/α-hetero) is 1. The molecule has 1 atom stereocenters. The Morgan fingerprint density at radius 1 is 1.27 bits per heavy atom. The average Bonchev–Trinajstić information content (AvgIpc) is 2.45. The Kier molecular flexibility index (Phi) is 5.35. The standard InChI is InChI=1S/C18H25NO3/c1-14(20)12-19(13-15-7-5-4-6-8-15)17(21)16-9-10-22-18(2,3)11-16/h4-8,16H,9-13H2,1-3H3. The summed E-state index contributed by atoms with van der Waals surface area (Å²) in [5, 5.41) is 0. The van der Waals surface area contributed by atoms with Crippen molar-refractivity contribution in [3.8, 4) is 0 Å². The molecule has 0 spiro atoms. The first-order valence-electron chi connectivity index (χ1n) is 7.83.